The molecule has 0 amide bonds. The summed E-state index contributed by atoms with van der Waals surface area (Å²) in [5, 5.41) is 14.6. The Balaban J connectivity index is 2.03. The number of aliphatic hydroxyl groups is 1. The molecule has 2 aromatic rings. The molecule has 3 rings (SSSR count). The van der Waals surface area contributed by atoms with Gasteiger partial charge in [0, 0.05) is 0 Å². The predicted molar refractivity (Wildman–Crippen MR) is 63.5 cm³/mol. The van der Waals surface area contributed by atoms with Crippen LogP contribution in [-0.4, -0.2) is 19.9 Å². The van der Waals surface area contributed by atoms with Crippen molar-refractivity contribution in [1.82, 2.24) is 14.8 Å². The van der Waals surface area contributed by atoms with E-state index in [1.165, 1.54) is 11.9 Å². The van der Waals surface area contributed by atoms with Crippen molar-refractivity contribution in [2.75, 3.05) is 0 Å². The molecular formula is C13H15N3O. The van der Waals surface area contributed by atoms with Crippen molar-refractivity contribution < 1.29 is 5.11 Å². The molecule has 0 aliphatic heterocycles. The van der Waals surface area contributed by atoms with Crippen LogP contribution in [0.1, 0.15) is 42.5 Å². The van der Waals surface area contributed by atoms with Gasteiger partial charge in [-0.25, -0.2) is 9.67 Å². The molecule has 0 fully saturated rings. The topological polar surface area (TPSA) is 50.9 Å². The van der Waals surface area contributed by atoms with E-state index in [0.29, 0.717) is 5.92 Å². The van der Waals surface area contributed by atoms with E-state index in [0.717, 1.165) is 12.0 Å². The van der Waals surface area contributed by atoms with E-state index in [1.807, 2.05) is 18.2 Å². The average molecular weight is 229 g/mol. The number of hydrogen-bond acceptors (Lipinski definition) is 3. The summed E-state index contributed by atoms with van der Waals surface area (Å²) < 4.78 is 1.76. The molecule has 1 aliphatic rings. The van der Waals surface area contributed by atoms with E-state index >= 15 is 0 Å². The number of aromatic nitrogens is 3. The Bertz CT molecular complexity index is 509. The number of nitrogens with zero attached hydrogens (tertiary/aromatic N) is 3. The summed E-state index contributed by atoms with van der Waals surface area (Å²) in [5.41, 5.74) is 2.27. The first kappa shape index (κ1) is 10.5. The van der Waals surface area contributed by atoms with Crippen LogP contribution in [0, 0.1) is 0 Å². The minimum atomic E-state index is -0.496. The van der Waals surface area contributed by atoms with Gasteiger partial charge in [0.1, 0.15) is 18.8 Å². The maximum absolute atomic E-state index is 10.4. The predicted octanol–water partition coefficient (Wildman–Crippen LogP) is 2.06. The van der Waals surface area contributed by atoms with Crippen molar-refractivity contribution in [2.45, 2.75) is 31.4 Å². The van der Waals surface area contributed by atoms with Gasteiger partial charge in [0.05, 0.1) is 6.04 Å². The third-order valence-corrected chi connectivity index (χ3v) is 3.58. The SMILES string of the molecule is CC1CC(n2cncn2)C(O)c2ccccc21. The van der Waals surface area contributed by atoms with Crippen LogP contribution in [0.3, 0.4) is 0 Å². The molecule has 3 atom stereocenters. The Morgan fingerprint density at radius 3 is 2.76 bits per heavy atom. The number of rotatable bonds is 1. The van der Waals surface area contributed by atoms with Gasteiger partial charge < -0.3 is 5.11 Å². The zero-order valence-electron chi connectivity index (χ0n) is 9.69. The average Bonchev–Trinajstić information content (AvgIpc) is 2.87. The highest BCUT2D eigenvalue weighted by Crippen LogP contribution is 2.42. The zero-order chi connectivity index (χ0) is 11.8. The highest BCUT2D eigenvalue weighted by molar-refractivity contribution is 5.35. The highest BCUT2D eigenvalue weighted by atomic mass is 16.3. The lowest BCUT2D eigenvalue weighted by atomic mass is 9.79. The van der Waals surface area contributed by atoms with Crippen molar-refractivity contribution in [3.05, 3.63) is 48.0 Å². The second kappa shape index (κ2) is 3.96. The Hall–Kier alpha value is -1.68. The maximum atomic E-state index is 10.4. The molecule has 1 heterocycles. The molecule has 4 nitrogen and oxygen atoms in total. The molecule has 0 saturated carbocycles. The summed E-state index contributed by atoms with van der Waals surface area (Å²) in [7, 11) is 0. The van der Waals surface area contributed by atoms with E-state index in [4.69, 9.17) is 0 Å². The molecule has 4 heteroatoms. The fourth-order valence-electron chi connectivity index (χ4n) is 2.70. The Labute approximate surface area is 99.9 Å². The van der Waals surface area contributed by atoms with Gasteiger partial charge in [0.15, 0.2) is 0 Å². The zero-order valence-corrected chi connectivity index (χ0v) is 9.69. The van der Waals surface area contributed by atoms with Crippen LogP contribution in [0.25, 0.3) is 0 Å². The molecule has 0 saturated heterocycles. The molecule has 88 valence electrons. The van der Waals surface area contributed by atoms with E-state index in [9.17, 15) is 5.11 Å². The smallest absolute Gasteiger partial charge is 0.137 e. The summed E-state index contributed by atoms with van der Waals surface area (Å²) in [6.07, 6.45) is 3.58. The van der Waals surface area contributed by atoms with Gasteiger partial charge >= 0.3 is 0 Å². The highest BCUT2D eigenvalue weighted by Gasteiger charge is 2.33. The van der Waals surface area contributed by atoms with Crippen LogP contribution in [0.2, 0.25) is 0 Å². The summed E-state index contributed by atoms with van der Waals surface area (Å²) in [6.45, 7) is 2.19. The van der Waals surface area contributed by atoms with Crippen LogP contribution in [0.5, 0.6) is 0 Å². The fraction of sp³-hybridized carbons (Fsp3) is 0.385. The van der Waals surface area contributed by atoms with Gasteiger partial charge in [0.25, 0.3) is 0 Å². The molecule has 3 unspecified atom stereocenters. The van der Waals surface area contributed by atoms with Gasteiger partial charge in [-0.3, -0.25) is 0 Å². The monoisotopic (exact) mass is 229 g/mol. The minimum absolute atomic E-state index is 0.0117. The van der Waals surface area contributed by atoms with Gasteiger partial charge in [-0.1, -0.05) is 31.2 Å². The Morgan fingerprint density at radius 2 is 2.06 bits per heavy atom. The maximum Gasteiger partial charge on any atom is 0.137 e. The summed E-state index contributed by atoms with van der Waals surface area (Å²) >= 11 is 0. The minimum Gasteiger partial charge on any atom is -0.386 e. The number of hydrogen-bond donors (Lipinski definition) is 1. The summed E-state index contributed by atoms with van der Waals surface area (Å²) in [5.74, 6) is 0.434. The lowest BCUT2D eigenvalue weighted by molar-refractivity contribution is 0.0863. The molecule has 1 aliphatic carbocycles. The molecule has 1 aromatic carbocycles. The van der Waals surface area contributed by atoms with Crippen LogP contribution in [0.15, 0.2) is 36.9 Å². The standard InChI is InChI=1S/C13H15N3O/c1-9-6-12(16-8-14-7-15-16)13(17)11-5-3-2-4-10(9)11/h2-5,7-9,12-13,17H,6H2,1H3. The van der Waals surface area contributed by atoms with Crippen LogP contribution in [-0.2, 0) is 0 Å². The summed E-state index contributed by atoms with van der Waals surface area (Å²) in [6, 6.07) is 8.08. The largest absolute Gasteiger partial charge is 0.386 e. The molecule has 17 heavy (non-hydrogen) atoms. The number of aliphatic hydroxyl groups excluding tert-OH is 1. The first-order chi connectivity index (χ1) is 8.27. The molecule has 1 N–H and O–H groups in total. The third kappa shape index (κ3) is 1.65. The van der Waals surface area contributed by atoms with Gasteiger partial charge in [-0.2, -0.15) is 5.10 Å². The lowest BCUT2D eigenvalue weighted by Crippen LogP contribution is -2.26. The van der Waals surface area contributed by atoms with Crippen LogP contribution < -0.4 is 0 Å². The van der Waals surface area contributed by atoms with Crippen molar-refractivity contribution in [3.63, 3.8) is 0 Å². The van der Waals surface area contributed by atoms with Crippen molar-refractivity contribution >= 4 is 0 Å². The molecule has 0 bridgehead atoms. The first-order valence-electron chi connectivity index (χ1n) is 5.88. The van der Waals surface area contributed by atoms with E-state index in [2.05, 4.69) is 23.1 Å². The Kier molecular flexibility index (Phi) is 2.44. The van der Waals surface area contributed by atoms with Gasteiger partial charge in [-0.05, 0) is 23.5 Å². The molecule has 0 spiro atoms. The van der Waals surface area contributed by atoms with E-state index in [-0.39, 0.29) is 6.04 Å². The van der Waals surface area contributed by atoms with Crippen molar-refractivity contribution in [1.29, 1.82) is 0 Å². The van der Waals surface area contributed by atoms with Gasteiger partial charge in [-0.15, -0.1) is 0 Å². The molecule has 1 aromatic heterocycles. The number of benzene rings is 1. The second-order valence-electron chi connectivity index (χ2n) is 4.65. The fourth-order valence-corrected chi connectivity index (χ4v) is 2.70. The second-order valence-corrected chi connectivity index (χ2v) is 4.65. The van der Waals surface area contributed by atoms with Crippen molar-refractivity contribution in [3.8, 4) is 0 Å². The summed E-state index contributed by atoms with van der Waals surface area (Å²) in [4.78, 5) is 3.95. The Morgan fingerprint density at radius 1 is 1.29 bits per heavy atom. The quantitative estimate of drug-likeness (QED) is 0.814. The first-order valence-corrected chi connectivity index (χ1v) is 5.88. The van der Waals surface area contributed by atoms with Crippen LogP contribution >= 0.6 is 0 Å². The normalized spacial score (nSPS) is 27.8. The molecular weight excluding hydrogens is 214 g/mol. The van der Waals surface area contributed by atoms with E-state index in [1.54, 1.807) is 11.0 Å². The van der Waals surface area contributed by atoms with Crippen LogP contribution in [0.4, 0.5) is 0 Å². The van der Waals surface area contributed by atoms with Gasteiger partial charge in [0.2, 0.25) is 0 Å². The third-order valence-electron chi connectivity index (χ3n) is 3.58. The lowest BCUT2D eigenvalue weighted by Gasteiger charge is -2.33. The van der Waals surface area contributed by atoms with E-state index < -0.39 is 6.10 Å². The number of fused-ring (bicyclic) bond motifs is 1. The van der Waals surface area contributed by atoms with Crippen molar-refractivity contribution in [2.24, 2.45) is 0 Å². The molecule has 0 radical (unpaired) electrons.